The highest BCUT2D eigenvalue weighted by Gasteiger charge is 2.05. The molecule has 0 atom stereocenters. The number of hydrazone groups is 1. The summed E-state index contributed by atoms with van der Waals surface area (Å²) in [6, 6.07) is 18.7. The van der Waals surface area contributed by atoms with Gasteiger partial charge < -0.3 is 0 Å². The van der Waals surface area contributed by atoms with Gasteiger partial charge in [0.25, 0.3) is 0 Å². The number of unbranched alkanes of at least 4 members (excludes halogenated alkanes) is 2. The maximum Gasteiger partial charge on any atom is 0.240 e. The predicted octanol–water partition coefficient (Wildman–Crippen LogP) is 5.02. The summed E-state index contributed by atoms with van der Waals surface area (Å²) in [6.45, 7) is 2.13. The van der Waals surface area contributed by atoms with Crippen LogP contribution in [0.2, 0.25) is 0 Å². The van der Waals surface area contributed by atoms with Crippen molar-refractivity contribution in [1.29, 1.82) is 0 Å². The van der Waals surface area contributed by atoms with Crippen LogP contribution in [-0.4, -0.2) is 12.1 Å². The van der Waals surface area contributed by atoms with Crippen molar-refractivity contribution in [3.8, 4) is 0 Å². The summed E-state index contributed by atoms with van der Waals surface area (Å²) >= 11 is 0. The zero-order valence-corrected chi connectivity index (χ0v) is 14.0. The zero-order chi connectivity index (χ0) is 16.8. The first-order valence-corrected chi connectivity index (χ1v) is 8.52. The van der Waals surface area contributed by atoms with Gasteiger partial charge in [0.05, 0.1) is 6.21 Å². The van der Waals surface area contributed by atoms with Crippen LogP contribution in [0.3, 0.4) is 0 Å². The molecular weight excluding hydrogens is 296 g/mol. The lowest BCUT2D eigenvalue weighted by molar-refractivity contribution is -0.121. The minimum absolute atomic E-state index is 0.0238. The van der Waals surface area contributed by atoms with Crippen molar-refractivity contribution in [1.82, 2.24) is 5.43 Å². The van der Waals surface area contributed by atoms with Gasteiger partial charge in [0.15, 0.2) is 0 Å². The molecule has 0 radical (unpaired) electrons. The third-order valence-electron chi connectivity index (χ3n) is 4.20. The van der Waals surface area contributed by atoms with Crippen LogP contribution >= 0.6 is 0 Å². The fraction of sp³-hybridized carbons (Fsp3) is 0.238. The molecule has 1 N–H and O–H groups in total. The number of nitrogens with one attached hydrogen (secondary N) is 1. The van der Waals surface area contributed by atoms with Gasteiger partial charge in [-0.3, -0.25) is 4.79 Å². The van der Waals surface area contributed by atoms with Crippen LogP contribution in [0, 0.1) is 0 Å². The summed E-state index contributed by atoms with van der Waals surface area (Å²) in [7, 11) is 0. The molecule has 0 spiro atoms. The number of rotatable bonds is 6. The lowest BCUT2D eigenvalue weighted by atomic mass is 9.97. The van der Waals surface area contributed by atoms with Crippen LogP contribution in [0.25, 0.3) is 21.5 Å². The molecule has 0 unspecified atom stereocenters. The molecule has 0 aromatic heterocycles. The van der Waals surface area contributed by atoms with Crippen LogP contribution in [0.15, 0.2) is 59.7 Å². The van der Waals surface area contributed by atoms with Crippen molar-refractivity contribution in [3.05, 3.63) is 60.2 Å². The molecule has 3 rings (SSSR count). The molecule has 1 amide bonds. The van der Waals surface area contributed by atoms with Crippen molar-refractivity contribution in [2.45, 2.75) is 32.6 Å². The maximum absolute atomic E-state index is 11.8. The van der Waals surface area contributed by atoms with E-state index in [2.05, 4.69) is 47.8 Å². The number of benzene rings is 3. The van der Waals surface area contributed by atoms with Crippen LogP contribution in [0.1, 0.15) is 38.2 Å². The summed E-state index contributed by atoms with van der Waals surface area (Å²) in [5.41, 5.74) is 3.69. The summed E-state index contributed by atoms with van der Waals surface area (Å²) in [5.74, 6) is -0.0238. The van der Waals surface area contributed by atoms with Crippen LogP contribution in [-0.2, 0) is 4.79 Å². The van der Waals surface area contributed by atoms with Gasteiger partial charge in [-0.15, -0.1) is 0 Å². The molecule has 0 heterocycles. The summed E-state index contributed by atoms with van der Waals surface area (Å²) < 4.78 is 0. The molecule has 0 saturated carbocycles. The molecule has 0 bridgehead atoms. The van der Waals surface area contributed by atoms with E-state index in [-0.39, 0.29) is 5.91 Å². The molecule has 0 fully saturated rings. The molecule has 3 heteroatoms. The van der Waals surface area contributed by atoms with Crippen molar-refractivity contribution in [2.24, 2.45) is 5.10 Å². The first-order valence-electron chi connectivity index (χ1n) is 8.52. The highest BCUT2D eigenvalue weighted by molar-refractivity contribution is 6.13. The van der Waals surface area contributed by atoms with E-state index >= 15 is 0 Å². The number of carbonyl (C=O) groups is 1. The van der Waals surface area contributed by atoms with E-state index in [1.54, 1.807) is 6.21 Å². The Hall–Kier alpha value is -2.68. The lowest BCUT2D eigenvalue weighted by Crippen LogP contribution is -2.16. The highest BCUT2D eigenvalue weighted by Crippen LogP contribution is 2.27. The van der Waals surface area contributed by atoms with Gasteiger partial charge in [0.2, 0.25) is 5.91 Å². The minimum Gasteiger partial charge on any atom is -0.273 e. The Labute approximate surface area is 142 Å². The third kappa shape index (κ3) is 3.62. The number of fused-ring (bicyclic) bond motifs is 2. The van der Waals surface area contributed by atoms with Gasteiger partial charge in [0, 0.05) is 12.0 Å². The van der Waals surface area contributed by atoms with Crippen LogP contribution in [0.5, 0.6) is 0 Å². The largest absolute Gasteiger partial charge is 0.273 e. The van der Waals surface area contributed by atoms with Crippen molar-refractivity contribution in [3.63, 3.8) is 0 Å². The molecule has 3 aromatic carbocycles. The van der Waals surface area contributed by atoms with E-state index in [1.807, 2.05) is 24.3 Å². The Morgan fingerprint density at radius 2 is 1.62 bits per heavy atom. The van der Waals surface area contributed by atoms with Crippen molar-refractivity contribution >= 4 is 33.7 Å². The van der Waals surface area contributed by atoms with Gasteiger partial charge in [-0.2, -0.15) is 5.10 Å². The molecule has 3 nitrogen and oxygen atoms in total. The fourth-order valence-electron chi connectivity index (χ4n) is 2.95. The molecule has 24 heavy (non-hydrogen) atoms. The van der Waals surface area contributed by atoms with Gasteiger partial charge >= 0.3 is 0 Å². The van der Waals surface area contributed by atoms with E-state index in [1.165, 1.54) is 10.8 Å². The fourth-order valence-corrected chi connectivity index (χ4v) is 2.95. The summed E-state index contributed by atoms with van der Waals surface area (Å²) in [6.07, 6.45) is 5.39. The molecule has 3 aromatic rings. The quantitative estimate of drug-likeness (QED) is 0.295. The Balaban J connectivity index is 1.89. The Morgan fingerprint density at radius 1 is 1.00 bits per heavy atom. The standard InChI is InChI=1S/C21H22N2O/c1-2-3-4-13-21(24)23-22-15-20-18-11-7-5-9-16(18)14-17-10-6-8-12-19(17)20/h5-12,14-15H,2-4,13H2,1H3,(H,23,24)/b22-15+. The van der Waals surface area contributed by atoms with Gasteiger partial charge in [-0.05, 0) is 34.0 Å². The number of carbonyl (C=O) groups excluding carboxylic acids is 1. The maximum atomic E-state index is 11.8. The third-order valence-corrected chi connectivity index (χ3v) is 4.20. The van der Waals surface area contributed by atoms with E-state index < -0.39 is 0 Å². The first-order chi connectivity index (χ1) is 11.8. The monoisotopic (exact) mass is 318 g/mol. The van der Waals surface area contributed by atoms with Crippen molar-refractivity contribution in [2.75, 3.05) is 0 Å². The molecule has 0 aliphatic rings. The van der Waals surface area contributed by atoms with Crippen LogP contribution < -0.4 is 5.43 Å². The average molecular weight is 318 g/mol. The minimum atomic E-state index is -0.0238. The zero-order valence-electron chi connectivity index (χ0n) is 14.0. The second kappa shape index (κ2) is 7.73. The summed E-state index contributed by atoms with van der Waals surface area (Å²) in [4.78, 5) is 11.8. The van der Waals surface area contributed by atoms with Gasteiger partial charge in [0.1, 0.15) is 0 Å². The van der Waals surface area contributed by atoms with Gasteiger partial charge in [-0.1, -0.05) is 68.3 Å². The topological polar surface area (TPSA) is 41.5 Å². The lowest BCUT2D eigenvalue weighted by Gasteiger charge is -2.08. The smallest absolute Gasteiger partial charge is 0.240 e. The SMILES string of the molecule is CCCCCC(=O)N/N=C/c1c2ccccc2cc2ccccc12. The molecule has 122 valence electrons. The second-order valence-electron chi connectivity index (χ2n) is 5.98. The second-order valence-corrected chi connectivity index (χ2v) is 5.98. The first kappa shape index (κ1) is 16.2. The highest BCUT2D eigenvalue weighted by atomic mass is 16.2. The number of nitrogens with zero attached hydrogens (tertiary/aromatic N) is 1. The predicted molar refractivity (Wildman–Crippen MR) is 101 cm³/mol. The van der Waals surface area contributed by atoms with E-state index in [0.717, 1.165) is 35.6 Å². The Morgan fingerprint density at radius 3 is 2.25 bits per heavy atom. The number of hydrogen-bond donors (Lipinski definition) is 1. The van der Waals surface area contributed by atoms with E-state index in [9.17, 15) is 4.79 Å². The molecule has 0 aliphatic carbocycles. The van der Waals surface area contributed by atoms with Crippen molar-refractivity contribution < 1.29 is 4.79 Å². The normalized spacial score (nSPS) is 11.4. The van der Waals surface area contributed by atoms with Gasteiger partial charge in [-0.25, -0.2) is 5.43 Å². The molecule has 0 aliphatic heterocycles. The number of hydrogen-bond acceptors (Lipinski definition) is 2. The van der Waals surface area contributed by atoms with Crippen LogP contribution in [0.4, 0.5) is 0 Å². The average Bonchev–Trinajstić information content (AvgIpc) is 2.61. The Bertz CT molecular complexity index is 829. The summed E-state index contributed by atoms with van der Waals surface area (Å²) in [5, 5.41) is 8.82. The Kier molecular flexibility index (Phi) is 5.22. The van der Waals surface area contributed by atoms with E-state index in [0.29, 0.717) is 6.42 Å². The van der Waals surface area contributed by atoms with E-state index in [4.69, 9.17) is 0 Å². The molecular formula is C21H22N2O. The molecule has 0 saturated heterocycles. The number of amides is 1.